The van der Waals surface area contributed by atoms with Gasteiger partial charge in [0.2, 0.25) is 5.78 Å². The van der Waals surface area contributed by atoms with Gasteiger partial charge in [0.1, 0.15) is 5.82 Å². The number of rotatable bonds is 2. The van der Waals surface area contributed by atoms with Gasteiger partial charge in [0.25, 0.3) is 0 Å². The Morgan fingerprint density at radius 3 is 2.50 bits per heavy atom. The minimum Gasteiger partial charge on any atom is -0.288 e. The zero-order chi connectivity index (χ0) is 11.7. The molecule has 0 aliphatic heterocycles. The number of aryl methyl sites for hydroxylation is 2. The molecule has 2 rings (SSSR count). The Bertz CT molecular complexity index is 523. The Balaban J connectivity index is 2.43. The summed E-state index contributed by atoms with van der Waals surface area (Å²) in [6.07, 6.45) is 0. The van der Waals surface area contributed by atoms with Crippen molar-refractivity contribution in [2.75, 3.05) is 0 Å². The predicted molar refractivity (Wildman–Crippen MR) is 63.6 cm³/mol. The van der Waals surface area contributed by atoms with Crippen LogP contribution in [-0.4, -0.2) is 5.78 Å². The van der Waals surface area contributed by atoms with Gasteiger partial charge in [0.05, 0.1) is 10.4 Å². The monoisotopic (exact) mass is 234 g/mol. The van der Waals surface area contributed by atoms with Crippen LogP contribution in [0.1, 0.15) is 25.7 Å². The molecule has 1 heterocycles. The highest BCUT2D eigenvalue weighted by atomic mass is 32.1. The first-order valence-electron chi connectivity index (χ1n) is 4.96. The Labute approximate surface area is 97.6 Å². The lowest BCUT2D eigenvalue weighted by Crippen LogP contribution is -2.01. The standard InChI is InChI=1S/C13H11FOS/c1-8-7-12(16-9(8)2)13(15)10-5-3-4-6-11(10)14/h3-7H,1-2H3. The molecule has 16 heavy (non-hydrogen) atoms. The van der Waals surface area contributed by atoms with Crippen molar-refractivity contribution in [1.82, 2.24) is 0 Å². The second-order valence-electron chi connectivity index (χ2n) is 3.66. The van der Waals surface area contributed by atoms with E-state index < -0.39 is 5.82 Å². The maximum atomic E-state index is 13.4. The number of halogens is 1. The number of benzene rings is 1. The largest absolute Gasteiger partial charge is 0.288 e. The highest BCUT2D eigenvalue weighted by Crippen LogP contribution is 2.24. The molecule has 0 unspecified atom stereocenters. The van der Waals surface area contributed by atoms with Crippen LogP contribution in [0.3, 0.4) is 0 Å². The molecule has 1 aromatic heterocycles. The summed E-state index contributed by atoms with van der Waals surface area (Å²) in [6.45, 7) is 3.90. The molecule has 3 heteroatoms. The first-order chi connectivity index (χ1) is 7.59. The second-order valence-corrected chi connectivity index (χ2v) is 4.92. The molecule has 1 nitrogen and oxygen atoms in total. The van der Waals surface area contributed by atoms with Crippen molar-refractivity contribution in [3.05, 3.63) is 57.0 Å². The zero-order valence-electron chi connectivity index (χ0n) is 9.08. The average Bonchev–Trinajstić information content (AvgIpc) is 2.59. The van der Waals surface area contributed by atoms with Crippen LogP contribution in [0.2, 0.25) is 0 Å². The van der Waals surface area contributed by atoms with E-state index in [0.29, 0.717) is 4.88 Å². The average molecular weight is 234 g/mol. The van der Waals surface area contributed by atoms with Crippen molar-refractivity contribution in [2.24, 2.45) is 0 Å². The van der Waals surface area contributed by atoms with Gasteiger partial charge in [0, 0.05) is 4.88 Å². The van der Waals surface area contributed by atoms with E-state index in [1.54, 1.807) is 12.1 Å². The fraction of sp³-hybridized carbons (Fsp3) is 0.154. The van der Waals surface area contributed by atoms with Crippen LogP contribution >= 0.6 is 11.3 Å². The summed E-state index contributed by atoms with van der Waals surface area (Å²) in [5, 5.41) is 0. The normalized spacial score (nSPS) is 10.4. The Kier molecular flexibility index (Phi) is 2.88. The first kappa shape index (κ1) is 11.0. The van der Waals surface area contributed by atoms with Crippen molar-refractivity contribution in [2.45, 2.75) is 13.8 Å². The van der Waals surface area contributed by atoms with Gasteiger partial charge < -0.3 is 0 Å². The summed E-state index contributed by atoms with van der Waals surface area (Å²) >= 11 is 1.41. The molecule has 0 saturated heterocycles. The topological polar surface area (TPSA) is 17.1 Å². The van der Waals surface area contributed by atoms with Crippen LogP contribution in [0.5, 0.6) is 0 Å². The number of thiophene rings is 1. The maximum absolute atomic E-state index is 13.4. The van der Waals surface area contributed by atoms with Crippen LogP contribution in [0.4, 0.5) is 4.39 Å². The third kappa shape index (κ3) is 1.91. The van der Waals surface area contributed by atoms with Crippen molar-refractivity contribution in [3.8, 4) is 0 Å². The summed E-state index contributed by atoms with van der Waals surface area (Å²) in [6, 6.07) is 7.89. The van der Waals surface area contributed by atoms with Crippen LogP contribution in [-0.2, 0) is 0 Å². The lowest BCUT2D eigenvalue weighted by molar-refractivity contribution is 0.103. The molecule has 0 aliphatic carbocycles. The van der Waals surface area contributed by atoms with Gasteiger partial charge in [-0.1, -0.05) is 12.1 Å². The highest BCUT2D eigenvalue weighted by molar-refractivity contribution is 7.14. The van der Waals surface area contributed by atoms with E-state index in [0.717, 1.165) is 10.4 Å². The number of carbonyl (C=O) groups excluding carboxylic acids is 1. The summed E-state index contributed by atoms with van der Waals surface area (Å²) in [4.78, 5) is 13.7. The van der Waals surface area contributed by atoms with Gasteiger partial charge >= 0.3 is 0 Å². The van der Waals surface area contributed by atoms with Crippen molar-refractivity contribution in [1.29, 1.82) is 0 Å². The summed E-state index contributed by atoms with van der Waals surface area (Å²) in [5.74, 6) is -0.699. The van der Waals surface area contributed by atoms with Gasteiger partial charge in [-0.25, -0.2) is 4.39 Å². The van der Waals surface area contributed by atoms with E-state index in [-0.39, 0.29) is 11.3 Å². The third-order valence-corrected chi connectivity index (χ3v) is 3.66. The SMILES string of the molecule is Cc1cc(C(=O)c2ccccc2F)sc1C. The molecule has 0 fully saturated rings. The van der Waals surface area contributed by atoms with Gasteiger partial charge in [-0.3, -0.25) is 4.79 Å². The molecule has 0 atom stereocenters. The molecular weight excluding hydrogens is 223 g/mol. The van der Waals surface area contributed by atoms with E-state index in [2.05, 4.69) is 0 Å². The van der Waals surface area contributed by atoms with Crippen LogP contribution < -0.4 is 0 Å². The van der Waals surface area contributed by atoms with E-state index in [1.807, 2.05) is 19.9 Å². The zero-order valence-corrected chi connectivity index (χ0v) is 9.90. The van der Waals surface area contributed by atoms with Crippen LogP contribution in [0, 0.1) is 19.7 Å². The molecule has 0 amide bonds. The molecule has 2 aromatic rings. The molecule has 0 N–H and O–H groups in total. The Morgan fingerprint density at radius 1 is 1.25 bits per heavy atom. The van der Waals surface area contributed by atoms with Crippen LogP contribution in [0.15, 0.2) is 30.3 Å². The lowest BCUT2D eigenvalue weighted by atomic mass is 10.1. The molecule has 0 bridgehead atoms. The quantitative estimate of drug-likeness (QED) is 0.723. The van der Waals surface area contributed by atoms with Gasteiger partial charge in [-0.2, -0.15) is 0 Å². The molecule has 0 radical (unpaired) electrons. The number of hydrogen-bond acceptors (Lipinski definition) is 2. The number of carbonyl (C=O) groups is 1. The first-order valence-corrected chi connectivity index (χ1v) is 5.77. The minimum absolute atomic E-state index is 0.142. The lowest BCUT2D eigenvalue weighted by Gasteiger charge is -1.98. The highest BCUT2D eigenvalue weighted by Gasteiger charge is 2.15. The summed E-state index contributed by atoms with van der Waals surface area (Å²) in [7, 11) is 0. The van der Waals surface area contributed by atoms with Crippen LogP contribution in [0.25, 0.3) is 0 Å². The molecule has 0 saturated carbocycles. The molecule has 0 spiro atoms. The maximum Gasteiger partial charge on any atom is 0.205 e. The van der Waals surface area contributed by atoms with Crippen molar-refractivity contribution >= 4 is 17.1 Å². The van der Waals surface area contributed by atoms with E-state index >= 15 is 0 Å². The van der Waals surface area contributed by atoms with Gasteiger partial charge in [-0.15, -0.1) is 11.3 Å². The molecule has 0 aliphatic rings. The fourth-order valence-corrected chi connectivity index (χ4v) is 2.45. The van der Waals surface area contributed by atoms with E-state index in [9.17, 15) is 9.18 Å². The fourth-order valence-electron chi connectivity index (χ4n) is 1.46. The summed E-state index contributed by atoms with van der Waals surface area (Å²) < 4.78 is 13.4. The minimum atomic E-state index is -0.462. The third-order valence-electron chi connectivity index (χ3n) is 2.51. The number of hydrogen-bond donors (Lipinski definition) is 0. The van der Waals surface area contributed by atoms with Gasteiger partial charge in [-0.05, 0) is 37.6 Å². The Hall–Kier alpha value is -1.48. The van der Waals surface area contributed by atoms with E-state index in [4.69, 9.17) is 0 Å². The Morgan fingerprint density at radius 2 is 1.94 bits per heavy atom. The van der Waals surface area contributed by atoms with Crippen molar-refractivity contribution in [3.63, 3.8) is 0 Å². The predicted octanol–water partition coefficient (Wildman–Crippen LogP) is 3.74. The molecule has 82 valence electrons. The smallest absolute Gasteiger partial charge is 0.205 e. The summed E-state index contributed by atoms with van der Waals surface area (Å²) in [5.41, 5.74) is 1.22. The molecule has 1 aromatic carbocycles. The van der Waals surface area contributed by atoms with Gasteiger partial charge in [0.15, 0.2) is 0 Å². The molecular formula is C13H11FOS. The van der Waals surface area contributed by atoms with E-state index in [1.165, 1.54) is 23.5 Å². The van der Waals surface area contributed by atoms with Crippen molar-refractivity contribution < 1.29 is 9.18 Å². The number of ketones is 1. The second kappa shape index (κ2) is 4.18.